The third-order valence-electron chi connectivity index (χ3n) is 2.63. The highest BCUT2D eigenvalue weighted by Crippen LogP contribution is 2.18. The number of hydrogen-bond donors (Lipinski definition) is 0. The van der Waals surface area contributed by atoms with Gasteiger partial charge in [0.1, 0.15) is 5.75 Å². The van der Waals surface area contributed by atoms with Crippen LogP contribution in [-0.4, -0.2) is 12.5 Å². The van der Waals surface area contributed by atoms with Gasteiger partial charge in [0.25, 0.3) is 0 Å². The number of rotatable bonds is 6. The predicted octanol–water partition coefficient (Wildman–Crippen LogP) is 4.48. The molecule has 1 atom stereocenters. The molecule has 1 aromatic carbocycles. The Hall–Kier alpha value is -1.13. The first-order valence-corrected chi connectivity index (χ1v) is 7.08. The minimum absolute atomic E-state index is 0.573. The van der Waals surface area contributed by atoms with Gasteiger partial charge < -0.3 is 4.74 Å². The molecule has 0 heterocycles. The molecule has 0 bridgehead atoms. The number of hydrogen-bond acceptors (Lipinski definition) is 1. The topological polar surface area (TPSA) is 9.23 Å². The number of benzene rings is 1. The van der Waals surface area contributed by atoms with Crippen molar-refractivity contribution in [1.82, 2.24) is 0 Å². The van der Waals surface area contributed by atoms with Crippen LogP contribution in [0.2, 0.25) is 0 Å². The molecule has 1 nitrogen and oxygen atoms in total. The van der Waals surface area contributed by atoms with Crippen LogP contribution in [0.4, 0.5) is 0 Å². The van der Waals surface area contributed by atoms with Crippen molar-refractivity contribution in [2.75, 3.05) is 12.5 Å². The van der Waals surface area contributed by atoms with Gasteiger partial charge in [0.2, 0.25) is 0 Å². The lowest BCUT2D eigenvalue weighted by Gasteiger charge is -2.13. The molecule has 0 saturated carbocycles. The van der Waals surface area contributed by atoms with E-state index in [-0.39, 0.29) is 0 Å². The maximum atomic E-state index is 5.85. The Morgan fingerprint density at radius 2 is 2.11 bits per heavy atom. The van der Waals surface area contributed by atoms with Crippen molar-refractivity contribution in [1.29, 1.82) is 0 Å². The lowest BCUT2D eigenvalue weighted by atomic mass is 10.1. The van der Waals surface area contributed by atoms with Crippen LogP contribution in [0.5, 0.6) is 5.75 Å². The SMILES string of the molecule is CCCC(C)COc1ccccc1C#CCCCl. The van der Waals surface area contributed by atoms with Gasteiger partial charge in [-0.1, -0.05) is 44.2 Å². The highest BCUT2D eigenvalue weighted by molar-refractivity contribution is 6.18. The summed E-state index contributed by atoms with van der Waals surface area (Å²) in [5.41, 5.74) is 0.950. The summed E-state index contributed by atoms with van der Waals surface area (Å²) in [6.45, 7) is 5.16. The van der Waals surface area contributed by atoms with Crippen molar-refractivity contribution in [2.24, 2.45) is 5.92 Å². The van der Waals surface area contributed by atoms with Crippen LogP contribution in [0.1, 0.15) is 38.7 Å². The minimum Gasteiger partial charge on any atom is -0.492 e. The van der Waals surface area contributed by atoms with Crippen LogP contribution in [0.25, 0.3) is 0 Å². The fourth-order valence-corrected chi connectivity index (χ4v) is 1.80. The Kier molecular flexibility index (Phi) is 7.37. The molecule has 0 saturated heterocycles. The van der Waals surface area contributed by atoms with E-state index in [1.807, 2.05) is 24.3 Å². The number of para-hydroxylation sites is 1. The largest absolute Gasteiger partial charge is 0.492 e. The van der Waals surface area contributed by atoms with Gasteiger partial charge in [0, 0.05) is 12.3 Å². The molecule has 0 N–H and O–H groups in total. The number of alkyl halides is 1. The quantitative estimate of drug-likeness (QED) is 0.544. The van der Waals surface area contributed by atoms with Crippen molar-refractivity contribution >= 4 is 11.6 Å². The molecule has 0 aliphatic carbocycles. The molecule has 0 aliphatic heterocycles. The Balaban J connectivity index is 2.62. The van der Waals surface area contributed by atoms with E-state index in [9.17, 15) is 0 Å². The van der Waals surface area contributed by atoms with E-state index in [1.54, 1.807) is 0 Å². The molecular weight excluding hydrogens is 244 g/mol. The van der Waals surface area contributed by atoms with Crippen LogP contribution in [0.3, 0.4) is 0 Å². The van der Waals surface area contributed by atoms with Crippen LogP contribution >= 0.6 is 11.6 Å². The zero-order valence-corrected chi connectivity index (χ0v) is 12.0. The Labute approximate surface area is 115 Å². The third-order valence-corrected chi connectivity index (χ3v) is 2.82. The summed E-state index contributed by atoms with van der Waals surface area (Å²) in [6, 6.07) is 7.92. The monoisotopic (exact) mass is 264 g/mol. The molecule has 0 fully saturated rings. The first-order chi connectivity index (χ1) is 8.77. The first kappa shape index (κ1) is 14.9. The summed E-state index contributed by atoms with van der Waals surface area (Å²) >= 11 is 5.61. The zero-order chi connectivity index (χ0) is 13.2. The van der Waals surface area contributed by atoms with E-state index < -0.39 is 0 Å². The lowest BCUT2D eigenvalue weighted by molar-refractivity contribution is 0.251. The molecule has 0 amide bonds. The Morgan fingerprint density at radius 1 is 1.33 bits per heavy atom. The van der Waals surface area contributed by atoms with Gasteiger partial charge in [-0.15, -0.1) is 11.6 Å². The summed E-state index contributed by atoms with van der Waals surface area (Å²) < 4.78 is 5.85. The van der Waals surface area contributed by atoms with Gasteiger partial charge in [-0.2, -0.15) is 0 Å². The summed E-state index contributed by atoms with van der Waals surface area (Å²) in [5.74, 6) is 8.19. The van der Waals surface area contributed by atoms with Crippen LogP contribution < -0.4 is 4.74 Å². The van der Waals surface area contributed by atoms with Gasteiger partial charge in [0.15, 0.2) is 0 Å². The lowest BCUT2D eigenvalue weighted by Crippen LogP contribution is -2.08. The molecular formula is C16H21ClO. The first-order valence-electron chi connectivity index (χ1n) is 6.54. The average Bonchev–Trinajstić information content (AvgIpc) is 2.38. The van der Waals surface area contributed by atoms with Crippen LogP contribution in [-0.2, 0) is 0 Å². The van der Waals surface area contributed by atoms with Crippen molar-refractivity contribution in [3.05, 3.63) is 29.8 Å². The van der Waals surface area contributed by atoms with Gasteiger partial charge in [-0.25, -0.2) is 0 Å². The van der Waals surface area contributed by atoms with Gasteiger partial charge in [-0.05, 0) is 24.5 Å². The van der Waals surface area contributed by atoms with E-state index in [2.05, 4.69) is 25.7 Å². The molecule has 0 radical (unpaired) electrons. The van der Waals surface area contributed by atoms with Gasteiger partial charge >= 0.3 is 0 Å². The Morgan fingerprint density at radius 3 is 2.83 bits per heavy atom. The van der Waals surface area contributed by atoms with Gasteiger partial charge in [-0.3, -0.25) is 0 Å². The van der Waals surface area contributed by atoms with Crippen molar-refractivity contribution < 1.29 is 4.74 Å². The van der Waals surface area contributed by atoms with Crippen molar-refractivity contribution in [3.63, 3.8) is 0 Å². The molecule has 98 valence electrons. The van der Waals surface area contributed by atoms with Gasteiger partial charge in [0.05, 0.1) is 12.2 Å². The molecule has 0 spiro atoms. The molecule has 18 heavy (non-hydrogen) atoms. The van der Waals surface area contributed by atoms with E-state index in [0.717, 1.165) is 17.9 Å². The fraction of sp³-hybridized carbons (Fsp3) is 0.500. The molecule has 0 aromatic heterocycles. The number of ether oxygens (including phenoxy) is 1. The molecule has 0 aliphatic rings. The second-order valence-electron chi connectivity index (χ2n) is 4.44. The van der Waals surface area contributed by atoms with E-state index in [4.69, 9.17) is 16.3 Å². The molecule has 1 unspecified atom stereocenters. The summed E-state index contributed by atoms with van der Waals surface area (Å²) in [4.78, 5) is 0. The van der Waals surface area contributed by atoms with Crippen LogP contribution in [0, 0.1) is 17.8 Å². The summed E-state index contributed by atoms with van der Waals surface area (Å²) in [6.07, 6.45) is 3.10. The molecule has 1 aromatic rings. The predicted molar refractivity (Wildman–Crippen MR) is 78.2 cm³/mol. The standard InChI is InChI=1S/C16H21ClO/c1-3-8-14(2)13-18-16-11-5-4-9-15(16)10-6-7-12-17/h4-5,9,11,14H,3,7-8,12-13H2,1-2H3. The fourth-order valence-electron chi connectivity index (χ4n) is 1.71. The minimum atomic E-state index is 0.573. The van der Waals surface area contributed by atoms with E-state index in [0.29, 0.717) is 18.2 Å². The maximum Gasteiger partial charge on any atom is 0.134 e. The van der Waals surface area contributed by atoms with E-state index in [1.165, 1.54) is 12.8 Å². The van der Waals surface area contributed by atoms with Crippen molar-refractivity contribution in [3.8, 4) is 17.6 Å². The van der Waals surface area contributed by atoms with E-state index >= 15 is 0 Å². The van der Waals surface area contributed by atoms with Crippen molar-refractivity contribution in [2.45, 2.75) is 33.1 Å². The maximum absolute atomic E-state index is 5.85. The number of halogens is 1. The summed E-state index contributed by atoms with van der Waals surface area (Å²) in [7, 11) is 0. The average molecular weight is 265 g/mol. The normalized spacial score (nSPS) is 11.5. The molecule has 1 rings (SSSR count). The highest BCUT2D eigenvalue weighted by Gasteiger charge is 2.04. The second-order valence-corrected chi connectivity index (χ2v) is 4.82. The van der Waals surface area contributed by atoms with Crippen LogP contribution in [0.15, 0.2) is 24.3 Å². The zero-order valence-electron chi connectivity index (χ0n) is 11.2. The third kappa shape index (κ3) is 5.47. The smallest absolute Gasteiger partial charge is 0.134 e. The Bertz CT molecular complexity index is 403. The second kappa shape index (κ2) is 8.89. The molecule has 2 heteroatoms. The highest BCUT2D eigenvalue weighted by atomic mass is 35.5. The summed E-state index contributed by atoms with van der Waals surface area (Å²) in [5, 5.41) is 0.